The molecule has 0 bridgehead atoms. The molecule has 0 aliphatic heterocycles. The molecule has 0 aliphatic carbocycles. The number of carbonyl (C=O) groups excluding carboxylic acids is 2. The molecular weight excluding hydrogens is 554 g/mol. The predicted octanol–water partition coefficient (Wildman–Crippen LogP) is 4.93. The summed E-state index contributed by atoms with van der Waals surface area (Å²) in [6.07, 6.45) is 2.08. The molecule has 0 saturated carbocycles. The first kappa shape index (κ1) is 32.5. The number of unbranched alkanes of at least 4 members (excludes halogenated alkanes) is 1. The summed E-state index contributed by atoms with van der Waals surface area (Å²) < 4.78 is 39.5. The number of ether oxygens (including phenoxy) is 2. The molecule has 0 heterocycles. The molecule has 0 aromatic heterocycles. The van der Waals surface area contributed by atoms with Gasteiger partial charge < -0.3 is 19.7 Å². The molecule has 0 unspecified atom stereocenters. The Hall–Kier alpha value is -4.05. The van der Waals surface area contributed by atoms with E-state index in [1.54, 1.807) is 55.6 Å². The summed E-state index contributed by atoms with van der Waals surface area (Å²) in [5.41, 5.74) is 1.99. The van der Waals surface area contributed by atoms with Crippen LogP contribution in [0.1, 0.15) is 44.2 Å². The maximum Gasteiger partial charge on any atom is 0.264 e. The topological polar surface area (TPSA) is 105 Å². The molecule has 0 saturated heterocycles. The molecule has 42 heavy (non-hydrogen) atoms. The number of methoxy groups -OCH3 is 2. The Balaban J connectivity index is 2.03. The van der Waals surface area contributed by atoms with E-state index >= 15 is 0 Å². The van der Waals surface area contributed by atoms with Crippen LogP contribution in [0.15, 0.2) is 77.7 Å². The van der Waals surface area contributed by atoms with E-state index in [0.29, 0.717) is 30.2 Å². The Morgan fingerprint density at radius 1 is 0.857 bits per heavy atom. The van der Waals surface area contributed by atoms with Crippen molar-refractivity contribution >= 4 is 27.5 Å². The molecule has 10 heteroatoms. The summed E-state index contributed by atoms with van der Waals surface area (Å²) in [4.78, 5) is 28.9. The van der Waals surface area contributed by atoms with Gasteiger partial charge in [0, 0.05) is 13.1 Å². The highest BCUT2D eigenvalue weighted by molar-refractivity contribution is 7.92. The fourth-order valence-corrected chi connectivity index (χ4v) is 5.88. The van der Waals surface area contributed by atoms with Crippen molar-refractivity contribution in [1.82, 2.24) is 10.2 Å². The van der Waals surface area contributed by atoms with Crippen LogP contribution in [0.4, 0.5) is 5.69 Å². The lowest BCUT2D eigenvalue weighted by Gasteiger charge is -2.33. The van der Waals surface area contributed by atoms with Gasteiger partial charge in [0.25, 0.3) is 10.0 Å². The summed E-state index contributed by atoms with van der Waals surface area (Å²) in [5.74, 6) is 0.435. The molecule has 0 spiro atoms. The quantitative estimate of drug-likeness (QED) is 0.250. The number of benzene rings is 3. The van der Waals surface area contributed by atoms with Crippen LogP contribution in [0.2, 0.25) is 0 Å². The number of anilines is 1. The van der Waals surface area contributed by atoms with Crippen molar-refractivity contribution in [3.05, 3.63) is 83.9 Å². The van der Waals surface area contributed by atoms with Crippen molar-refractivity contribution < 1.29 is 27.5 Å². The zero-order chi connectivity index (χ0) is 30.7. The number of hydrogen-bond donors (Lipinski definition) is 1. The van der Waals surface area contributed by atoms with Gasteiger partial charge in [0.1, 0.15) is 24.1 Å². The molecule has 0 aliphatic rings. The minimum absolute atomic E-state index is 0.0581. The van der Waals surface area contributed by atoms with Gasteiger partial charge in [-0.15, -0.1) is 0 Å². The highest BCUT2D eigenvalue weighted by Crippen LogP contribution is 2.27. The van der Waals surface area contributed by atoms with Crippen molar-refractivity contribution in [3.63, 3.8) is 0 Å². The third kappa shape index (κ3) is 8.25. The van der Waals surface area contributed by atoms with Crippen molar-refractivity contribution in [2.45, 2.75) is 57.5 Å². The Kier molecular flexibility index (Phi) is 11.8. The summed E-state index contributed by atoms with van der Waals surface area (Å²) in [5, 5.41) is 2.93. The zero-order valence-electron chi connectivity index (χ0n) is 25.0. The van der Waals surface area contributed by atoms with Crippen LogP contribution in [0.5, 0.6) is 11.5 Å². The summed E-state index contributed by atoms with van der Waals surface area (Å²) in [7, 11) is -1.05. The van der Waals surface area contributed by atoms with E-state index in [9.17, 15) is 18.0 Å². The molecule has 1 atom stereocenters. The Bertz CT molecular complexity index is 1410. The van der Waals surface area contributed by atoms with Gasteiger partial charge in [0.2, 0.25) is 11.8 Å². The first-order chi connectivity index (χ1) is 20.1. The zero-order valence-corrected chi connectivity index (χ0v) is 25.8. The molecule has 9 nitrogen and oxygen atoms in total. The molecule has 3 aromatic rings. The maximum atomic E-state index is 14.1. The predicted molar refractivity (Wildman–Crippen MR) is 164 cm³/mol. The lowest BCUT2D eigenvalue weighted by atomic mass is 10.1. The van der Waals surface area contributed by atoms with Crippen LogP contribution in [0.3, 0.4) is 0 Å². The van der Waals surface area contributed by atoms with Crippen molar-refractivity contribution in [2.24, 2.45) is 0 Å². The molecule has 2 amide bonds. The first-order valence-electron chi connectivity index (χ1n) is 14.1. The number of rotatable bonds is 15. The Morgan fingerprint density at radius 3 is 1.95 bits per heavy atom. The number of nitrogens with zero attached hydrogens (tertiary/aromatic N) is 2. The van der Waals surface area contributed by atoms with Crippen LogP contribution >= 0.6 is 0 Å². The van der Waals surface area contributed by atoms with Crippen LogP contribution in [0.25, 0.3) is 0 Å². The van der Waals surface area contributed by atoms with Crippen LogP contribution in [-0.4, -0.2) is 58.5 Å². The van der Waals surface area contributed by atoms with Gasteiger partial charge in [-0.2, -0.15) is 0 Å². The van der Waals surface area contributed by atoms with E-state index in [0.717, 1.165) is 28.3 Å². The summed E-state index contributed by atoms with van der Waals surface area (Å²) in [6, 6.07) is 19.4. The van der Waals surface area contributed by atoms with Gasteiger partial charge in [-0.1, -0.05) is 50.1 Å². The van der Waals surface area contributed by atoms with Crippen LogP contribution < -0.4 is 19.1 Å². The monoisotopic (exact) mass is 595 g/mol. The second kappa shape index (κ2) is 15.3. The molecule has 0 fully saturated rings. The van der Waals surface area contributed by atoms with Crippen molar-refractivity contribution in [2.75, 3.05) is 31.6 Å². The maximum absolute atomic E-state index is 14.1. The Labute approximate surface area is 249 Å². The fraction of sp³-hybridized carbons (Fsp3) is 0.375. The second-order valence-corrected chi connectivity index (χ2v) is 11.8. The molecule has 3 aromatic carbocycles. The molecular formula is C32H41N3O6S. The van der Waals surface area contributed by atoms with Gasteiger partial charge in [0.15, 0.2) is 0 Å². The second-order valence-electron chi connectivity index (χ2n) is 9.96. The third-order valence-electron chi connectivity index (χ3n) is 6.98. The smallest absolute Gasteiger partial charge is 0.264 e. The number of aryl methyl sites for hydroxylation is 1. The SMILES string of the molecule is CCCCNC(=O)[C@@H](CC)N(Cc1ccc(OC)cc1)C(=O)CN(c1ccc(OC)cc1)S(=O)(=O)c1ccc(C)cc1. The normalized spacial score (nSPS) is 11.8. The lowest BCUT2D eigenvalue weighted by molar-refractivity contribution is -0.140. The fourth-order valence-electron chi connectivity index (χ4n) is 4.47. The number of hydrogen-bond acceptors (Lipinski definition) is 6. The first-order valence-corrected chi connectivity index (χ1v) is 15.5. The number of sulfonamides is 1. The average molecular weight is 596 g/mol. The van der Waals surface area contributed by atoms with Gasteiger partial charge >= 0.3 is 0 Å². The molecule has 3 rings (SSSR count). The van der Waals surface area contributed by atoms with E-state index < -0.39 is 28.5 Å². The van der Waals surface area contributed by atoms with Gasteiger partial charge in [-0.3, -0.25) is 13.9 Å². The van der Waals surface area contributed by atoms with Crippen molar-refractivity contribution in [1.29, 1.82) is 0 Å². The van der Waals surface area contributed by atoms with E-state index in [1.165, 1.54) is 24.1 Å². The summed E-state index contributed by atoms with van der Waals surface area (Å²) in [6.45, 7) is 5.85. The number of carbonyl (C=O) groups is 2. The number of nitrogens with one attached hydrogen (secondary N) is 1. The van der Waals surface area contributed by atoms with E-state index in [-0.39, 0.29) is 17.3 Å². The Morgan fingerprint density at radius 2 is 1.43 bits per heavy atom. The molecule has 226 valence electrons. The minimum atomic E-state index is -4.14. The van der Waals surface area contributed by atoms with Gasteiger partial charge in [-0.25, -0.2) is 8.42 Å². The highest BCUT2D eigenvalue weighted by atomic mass is 32.2. The van der Waals surface area contributed by atoms with Crippen molar-refractivity contribution in [3.8, 4) is 11.5 Å². The van der Waals surface area contributed by atoms with Crippen LogP contribution in [-0.2, 0) is 26.2 Å². The highest BCUT2D eigenvalue weighted by Gasteiger charge is 2.33. The third-order valence-corrected chi connectivity index (χ3v) is 8.76. The summed E-state index contributed by atoms with van der Waals surface area (Å²) >= 11 is 0. The average Bonchev–Trinajstić information content (AvgIpc) is 3.00. The van der Waals surface area contributed by atoms with Gasteiger partial charge in [0.05, 0.1) is 24.8 Å². The van der Waals surface area contributed by atoms with Crippen LogP contribution in [0, 0.1) is 6.92 Å². The van der Waals surface area contributed by atoms with E-state index in [1.807, 2.05) is 32.9 Å². The standard InChI is InChI=1S/C32H41N3O6S/c1-6-8-21-33-32(37)30(7-2)34(22-25-11-15-27(40-4)16-12-25)31(36)23-35(26-13-17-28(41-5)18-14-26)42(38,39)29-19-9-24(3)10-20-29/h9-20,30H,6-8,21-23H2,1-5H3,(H,33,37)/t30-/m1/s1. The van der Waals surface area contributed by atoms with E-state index in [4.69, 9.17) is 9.47 Å². The largest absolute Gasteiger partial charge is 0.497 e. The lowest BCUT2D eigenvalue weighted by Crippen LogP contribution is -2.52. The molecule has 1 N–H and O–H groups in total. The van der Waals surface area contributed by atoms with Gasteiger partial charge in [-0.05, 0) is 73.9 Å². The number of amides is 2. The minimum Gasteiger partial charge on any atom is -0.497 e. The van der Waals surface area contributed by atoms with E-state index in [2.05, 4.69) is 5.32 Å². The molecule has 0 radical (unpaired) electrons.